The van der Waals surface area contributed by atoms with Crippen LogP contribution in [0.1, 0.15) is 58.1 Å². The van der Waals surface area contributed by atoms with Crippen LogP contribution in [-0.4, -0.2) is 75.9 Å². The number of carbonyl (C=O) groups excluding carboxylic acids is 4. The van der Waals surface area contributed by atoms with Crippen molar-refractivity contribution >= 4 is 41.1 Å². The zero-order valence-electron chi connectivity index (χ0n) is 27.2. The highest BCUT2D eigenvalue weighted by molar-refractivity contribution is 5.99. The van der Waals surface area contributed by atoms with Crippen molar-refractivity contribution in [1.29, 1.82) is 5.41 Å². The number of nitrogens with one attached hydrogen (secondary N) is 5. The van der Waals surface area contributed by atoms with Crippen LogP contribution in [0.3, 0.4) is 0 Å². The van der Waals surface area contributed by atoms with Crippen molar-refractivity contribution < 1.29 is 34.2 Å². The van der Waals surface area contributed by atoms with Gasteiger partial charge in [0, 0.05) is 17.7 Å². The van der Waals surface area contributed by atoms with Gasteiger partial charge in [0.25, 0.3) is 5.91 Å². The van der Waals surface area contributed by atoms with Crippen LogP contribution in [-0.2, 0) is 30.4 Å². The summed E-state index contributed by atoms with van der Waals surface area (Å²) in [7, 11) is 0. The zero-order chi connectivity index (χ0) is 35.3. The van der Waals surface area contributed by atoms with Gasteiger partial charge in [-0.3, -0.25) is 29.4 Å². The van der Waals surface area contributed by atoms with E-state index in [2.05, 4.69) is 21.3 Å². The summed E-state index contributed by atoms with van der Waals surface area (Å²) in [5.41, 5.74) is 12.8. The Morgan fingerprint density at radius 3 is 2.09 bits per heavy atom. The highest BCUT2D eigenvalue weighted by atomic mass is 16.4. The number of amides is 4. The molecule has 0 fully saturated rings. The Morgan fingerprint density at radius 1 is 0.851 bits per heavy atom. The summed E-state index contributed by atoms with van der Waals surface area (Å²) in [6.07, 6.45) is -1.87. The number of aliphatic carboxylic acids is 1. The molecule has 14 nitrogen and oxygen atoms in total. The fraction of sp³-hybridized carbons (Fsp3) is 0.455. The third kappa shape index (κ3) is 12.8. The number of carbonyl (C=O) groups is 5. The van der Waals surface area contributed by atoms with Gasteiger partial charge in [0.2, 0.25) is 17.7 Å². The number of hydrogen-bond donors (Lipinski definition) is 9. The fourth-order valence-corrected chi connectivity index (χ4v) is 4.73. The summed E-state index contributed by atoms with van der Waals surface area (Å²) in [5, 5.41) is 38.3. The topological polar surface area (TPSA) is 250 Å². The first-order chi connectivity index (χ1) is 22.1. The van der Waals surface area contributed by atoms with E-state index >= 15 is 0 Å². The summed E-state index contributed by atoms with van der Waals surface area (Å²) < 4.78 is 0. The molecule has 0 saturated heterocycles. The van der Waals surface area contributed by atoms with Crippen molar-refractivity contribution in [2.24, 2.45) is 23.3 Å². The summed E-state index contributed by atoms with van der Waals surface area (Å²) in [6, 6.07) is 10.7. The number of benzene rings is 2. The lowest BCUT2D eigenvalue weighted by Gasteiger charge is -2.29. The quantitative estimate of drug-likeness (QED) is 0.0816. The summed E-state index contributed by atoms with van der Waals surface area (Å²) in [4.78, 5) is 63.9. The molecule has 5 atom stereocenters. The smallest absolute Gasteiger partial charge is 0.303 e. The second-order valence-corrected chi connectivity index (χ2v) is 12.2. The number of carboxylic acids is 1. The Balaban J connectivity index is 2.27. The van der Waals surface area contributed by atoms with E-state index < -0.39 is 65.8 Å². The Morgan fingerprint density at radius 2 is 1.51 bits per heavy atom. The molecule has 11 N–H and O–H groups in total. The molecule has 0 unspecified atom stereocenters. The molecule has 0 saturated carbocycles. The average Bonchev–Trinajstić information content (AvgIpc) is 3.01. The molecule has 2 aromatic carbocycles. The van der Waals surface area contributed by atoms with Crippen molar-refractivity contribution in [3.05, 3.63) is 65.7 Å². The maximum absolute atomic E-state index is 13.7. The molecule has 14 heteroatoms. The van der Waals surface area contributed by atoms with Crippen molar-refractivity contribution in [1.82, 2.24) is 16.0 Å². The van der Waals surface area contributed by atoms with E-state index in [1.165, 1.54) is 6.07 Å². The van der Waals surface area contributed by atoms with E-state index in [9.17, 15) is 29.1 Å². The van der Waals surface area contributed by atoms with Crippen LogP contribution in [0.2, 0.25) is 0 Å². The van der Waals surface area contributed by atoms with Crippen molar-refractivity contribution in [2.75, 3.05) is 5.32 Å². The van der Waals surface area contributed by atoms with E-state index in [1.807, 2.05) is 13.8 Å². The number of aliphatic hydroxyl groups is 1. The highest BCUT2D eigenvalue weighted by Gasteiger charge is 2.34. The molecule has 0 aliphatic rings. The Labute approximate surface area is 274 Å². The molecule has 2 aromatic rings. The lowest BCUT2D eigenvalue weighted by Crippen LogP contribution is -2.59. The van der Waals surface area contributed by atoms with Gasteiger partial charge in [0.1, 0.15) is 17.9 Å². The normalized spacial score (nSPS) is 14.3. The Kier molecular flexibility index (Phi) is 15.0. The number of hydrogen-bond acceptors (Lipinski definition) is 8. The van der Waals surface area contributed by atoms with Crippen LogP contribution in [0.4, 0.5) is 5.69 Å². The molecule has 0 spiro atoms. The second kappa shape index (κ2) is 18.4. The third-order valence-corrected chi connectivity index (χ3v) is 7.31. The SMILES string of the molecule is CC(C)C[C@H](NC(=O)[C@@H](NC(=O)[C@@H](N)CCC(=O)O)C(C)C)C(=O)N[C@@H](Cc1ccccc1)[C@@H](O)C(=O)Nc1cccc(C(=N)N)c1. The molecule has 4 amide bonds. The number of nitrogen functional groups attached to an aromatic ring is 1. The largest absolute Gasteiger partial charge is 0.481 e. The second-order valence-electron chi connectivity index (χ2n) is 12.2. The first-order valence-corrected chi connectivity index (χ1v) is 15.4. The van der Waals surface area contributed by atoms with Crippen molar-refractivity contribution in [2.45, 2.75) is 83.6 Å². The summed E-state index contributed by atoms with van der Waals surface area (Å²) in [5.74, 6) is -4.58. The maximum atomic E-state index is 13.7. The minimum absolute atomic E-state index is 0.0584. The minimum Gasteiger partial charge on any atom is -0.481 e. The molecule has 256 valence electrons. The molecular weight excluding hydrogens is 606 g/mol. The monoisotopic (exact) mass is 653 g/mol. The van der Waals surface area contributed by atoms with Crippen LogP contribution in [0.15, 0.2) is 54.6 Å². The molecular formula is C33H47N7O7. The van der Waals surface area contributed by atoms with Crippen LogP contribution in [0.25, 0.3) is 0 Å². The fourth-order valence-electron chi connectivity index (χ4n) is 4.73. The molecule has 47 heavy (non-hydrogen) atoms. The maximum Gasteiger partial charge on any atom is 0.303 e. The molecule has 2 rings (SSSR count). The summed E-state index contributed by atoms with van der Waals surface area (Å²) >= 11 is 0. The van der Waals surface area contributed by atoms with Crippen LogP contribution in [0, 0.1) is 17.2 Å². The average molecular weight is 654 g/mol. The van der Waals surface area contributed by atoms with Gasteiger partial charge in [-0.15, -0.1) is 0 Å². The van der Waals surface area contributed by atoms with Gasteiger partial charge in [0.15, 0.2) is 6.10 Å². The first kappa shape index (κ1) is 38.4. The van der Waals surface area contributed by atoms with Gasteiger partial charge in [-0.25, -0.2) is 0 Å². The van der Waals surface area contributed by atoms with Gasteiger partial charge in [-0.1, -0.05) is 70.2 Å². The van der Waals surface area contributed by atoms with Gasteiger partial charge < -0.3 is 42.9 Å². The number of amidine groups is 1. The highest BCUT2D eigenvalue weighted by Crippen LogP contribution is 2.15. The van der Waals surface area contributed by atoms with E-state index in [-0.39, 0.29) is 37.4 Å². The van der Waals surface area contributed by atoms with Crippen LogP contribution in [0.5, 0.6) is 0 Å². The number of rotatable bonds is 18. The predicted octanol–water partition coefficient (Wildman–Crippen LogP) is 0.861. The minimum atomic E-state index is -1.72. The Hall–Kier alpha value is -4.82. The lowest BCUT2D eigenvalue weighted by molar-refractivity contribution is -0.137. The molecule has 0 heterocycles. The lowest BCUT2D eigenvalue weighted by atomic mass is 9.97. The van der Waals surface area contributed by atoms with Gasteiger partial charge in [-0.05, 0) is 48.8 Å². The number of nitrogens with two attached hydrogens (primary N) is 2. The van der Waals surface area contributed by atoms with Gasteiger partial charge in [0.05, 0.1) is 12.1 Å². The molecule has 0 aromatic heterocycles. The van der Waals surface area contributed by atoms with Crippen molar-refractivity contribution in [3.8, 4) is 0 Å². The van der Waals surface area contributed by atoms with Crippen LogP contribution >= 0.6 is 0 Å². The van der Waals surface area contributed by atoms with Crippen LogP contribution < -0.4 is 32.7 Å². The molecule has 0 bridgehead atoms. The molecule has 0 aliphatic carbocycles. The van der Waals surface area contributed by atoms with E-state index in [0.717, 1.165) is 5.56 Å². The first-order valence-electron chi connectivity index (χ1n) is 15.4. The van der Waals surface area contributed by atoms with E-state index in [1.54, 1.807) is 62.4 Å². The number of carboxylic acid groups (broad SMARTS) is 1. The van der Waals surface area contributed by atoms with Crippen molar-refractivity contribution in [3.63, 3.8) is 0 Å². The predicted molar refractivity (Wildman–Crippen MR) is 177 cm³/mol. The molecule has 0 radical (unpaired) electrons. The molecule has 0 aliphatic heterocycles. The third-order valence-electron chi connectivity index (χ3n) is 7.31. The van der Waals surface area contributed by atoms with E-state index in [4.69, 9.17) is 22.0 Å². The van der Waals surface area contributed by atoms with E-state index in [0.29, 0.717) is 11.3 Å². The number of aliphatic hydroxyl groups excluding tert-OH is 1. The van der Waals surface area contributed by atoms with Gasteiger partial charge >= 0.3 is 5.97 Å². The number of anilines is 1. The summed E-state index contributed by atoms with van der Waals surface area (Å²) in [6.45, 7) is 7.10. The Bertz CT molecular complexity index is 1400. The van der Waals surface area contributed by atoms with Gasteiger partial charge in [-0.2, -0.15) is 0 Å². The zero-order valence-corrected chi connectivity index (χ0v) is 27.2. The standard InChI is InChI=1S/C33H47N7O7/c1-18(2)15-25(39-32(46)27(19(3)4)40-30(44)23(34)13-14-26(41)42)31(45)38-24(16-20-9-6-5-7-10-20)28(43)33(47)37-22-12-8-11-21(17-22)29(35)36/h5-12,17-19,23-25,27-28,43H,13-16,34H2,1-4H3,(H3,35,36)(H,37,47)(H,38,45)(H,39,46)(H,40,44)(H,41,42)/t23-,24-,25-,27-,28+/m0/s1.